The molecule has 0 saturated heterocycles. The van der Waals surface area contributed by atoms with Crippen LogP contribution in [-0.4, -0.2) is 21.8 Å². The quantitative estimate of drug-likeness (QED) is 0.873. The van der Waals surface area contributed by atoms with Crippen molar-refractivity contribution < 1.29 is 0 Å². The van der Waals surface area contributed by atoms with Gasteiger partial charge in [-0.1, -0.05) is 0 Å². The Morgan fingerprint density at radius 1 is 1.24 bits per heavy atom. The highest BCUT2D eigenvalue weighted by Crippen LogP contribution is 2.21. The molecule has 0 spiro atoms. The van der Waals surface area contributed by atoms with Crippen molar-refractivity contribution in [3.8, 4) is 0 Å². The van der Waals surface area contributed by atoms with Gasteiger partial charge in [0.25, 0.3) is 0 Å². The van der Waals surface area contributed by atoms with Crippen molar-refractivity contribution in [2.24, 2.45) is 7.05 Å². The SMILES string of the molecule is CNC(c1cc(C)nc(C)c1)c1ccn(C)n1. The van der Waals surface area contributed by atoms with Crippen molar-refractivity contribution in [2.45, 2.75) is 19.9 Å². The summed E-state index contributed by atoms with van der Waals surface area (Å²) in [4.78, 5) is 4.40. The molecule has 0 radical (unpaired) electrons. The number of aryl methyl sites for hydroxylation is 3. The molecule has 1 unspecified atom stereocenters. The molecule has 0 aliphatic carbocycles. The predicted octanol–water partition coefficient (Wildman–Crippen LogP) is 1.74. The third kappa shape index (κ3) is 2.53. The molecule has 2 aromatic rings. The summed E-state index contributed by atoms with van der Waals surface area (Å²) in [7, 11) is 3.88. The standard InChI is InChI=1S/C13H18N4/c1-9-7-11(8-10(2)15-9)13(14-3)12-5-6-17(4)16-12/h5-8,13-14H,1-4H3. The number of pyridine rings is 1. The molecular formula is C13H18N4. The summed E-state index contributed by atoms with van der Waals surface area (Å²) < 4.78 is 1.82. The zero-order valence-electron chi connectivity index (χ0n) is 10.7. The minimum absolute atomic E-state index is 0.122. The molecule has 4 nitrogen and oxygen atoms in total. The van der Waals surface area contributed by atoms with Gasteiger partial charge in [0.15, 0.2) is 0 Å². The summed E-state index contributed by atoms with van der Waals surface area (Å²) in [5.74, 6) is 0. The molecule has 0 aromatic carbocycles. The Hall–Kier alpha value is -1.68. The van der Waals surface area contributed by atoms with Gasteiger partial charge in [0.05, 0.1) is 11.7 Å². The van der Waals surface area contributed by atoms with Crippen molar-refractivity contribution in [3.05, 3.63) is 47.0 Å². The van der Waals surface area contributed by atoms with Gasteiger partial charge in [-0.3, -0.25) is 9.67 Å². The van der Waals surface area contributed by atoms with Crippen LogP contribution < -0.4 is 5.32 Å². The van der Waals surface area contributed by atoms with Crippen LogP contribution in [-0.2, 0) is 7.05 Å². The largest absolute Gasteiger partial charge is 0.308 e. The average Bonchev–Trinajstić information content (AvgIpc) is 2.64. The highest BCUT2D eigenvalue weighted by atomic mass is 15.3. The van der Waals surface area contributed by atoms with E-state index in [0.717, 1.165) is 17.1 Å². The first kappa shape index (κ1) is 11.8. The Morgan fingerprint density at radius 3 is 2.35 bits per heavy atom. The average molecular weight is 230 g/mol. The van der Waals surface area contributed by atoms with E-state index >= 15 is 0 Å². The van der Waals surface area contributed by atoms with E-state index in [1.54, 1.807) is 0 Å². The maximum absolute atomic E-state index is 4.45. The topological polar surface area (TPSA) is 42.7 Å². The molecular weight excluding hydrogens is 212 g/mol. The van der Waals surface area contributed by atoms with E-state index < -0.39 is 0 Å². The van der Waals surface area contributed by atoms with Crippen LogP contribution >= 0.6 is 0 Å². The second-order valence-electron chi connectivity index (χ2n) is 4.32. The van der Waals surface area contributed by atoms with E-state index in [1.165, 1.54) is 5.56 Å². The van der Waals surface area contributed by atoms with E-state index in [0.29, 0.717) is 0 Å². The van der Waals surface area contributed by atoms with Crippen LogP contribution in [0.2, 0.25) is 0 Å². The summed E-state index contributed by atoms with van der Waals surface area (Å²) in [6, 6.07) is 6.36. The molecule has 2 heterocycles. The molecule has 2 rings (SSSR count). The molecule has 0 aliphatic rings. The fourth-order valence-electron chi connectivity index (χ4n) is 2.11. The van der Waals surface area contributed by atoms with Crippen LogP contribution in [0, 0.1) is 13.8 Å². The van der Waals surface area contributed by atoms with Crippen LogP contribution in [0.3, 0.4) is 0 Å². The van der Waals surface area contributed by atoms with Crippen LogP contribution in [0.15, 0.2) is 24.4 Å². The first-order valence-corrected chi connectivity index (χ1v) is 5.72. The third-order valence-corrected chi connectivity index (χ3v) is 2.76. The number of nitrogens with zero attached hydrogens (tertiary/aromatic N) is 3. The summed E-state index contributed by atoms with van der Waals surface area (Å²) in [5.41, 5.74) is 4.31. The molecule has 90 valence electrons. The zero-order chi connectivity index (χ0) is 12.4. The fraction of sp³-hybridized carbons (Fsp3) is 0.385. The molecule has 1 N–H and O–H groups in total. The lowest BCUT2D eigenvalue weighted by molar-refractivity contribution is 0.640. The number of hydrogen-bond donors (Lipinski definition) is 1. The summed E-state index contributed by atoms with van der Waals surface area (Å²) >= 11 is 0. The van der Waals surface area contributed by atoms with Crippen molar-refractivity contribution in [2.75, 3.05) is 7.05 Å². The second-order valence-corrected chi connectivity index (χ2v) is 4.32. The van der Waals surface area contributed by atoms with Crippen LogP contribution in [0.4, 0.5) is 0 Å². The zero-order valence-corrected chi connectivity index (χ0v) is 10.7. The van der Waals surface area contributed by atoms with E-state index in [4.69, 9.17) is 0 Å². The number of hydrogen-bond acceptors (Lipinski definition) is 3. The molecule has 1 atom stereocenters. The second kappa shape index (κ2) is 4.67. The summed E-state index contributed by atoms with van der Waals surface area (Å²) in [6.07, 6.45) is 1.96. The Morgan fingerprint density at radius 2 is 1.88 bits per heavy atom. The van der Waals surface area contributed by atoms with Gasteiger partial charge in [-0.15, -0.1) is 0 Å². The van der Waals surface area contributed by atoms with Gasteiger partial charge in [0.2, 0.25) is 0 Å². The summed E-state index contributed by atoms with van der Waals surface area (Å²) in [5, 5.41) is 7.75. The highest BCUT2D eigenvalue weighted by Gasteiger charge is 2.15. The van der Waals surface area contributed by atoms with E-state index in [1.807, 2.05) is 44.9 Å². The summed E-state index contributed by atoms with van der Waals surface area (Å²) in [6.45, 7) is 4.03. The lowest BCUT2D eigenvalue weighted by atomic mass is 10.0. The van der Waals surface area contributed by atoms with Crippen LogP contribution in [0.1, 0.15) is 28.7 Å². The maximum Gasteiger partial charge on any atom is 0.0839 e. The first-order valence-electron chi connectivity index (χ1n) is 5.72. The van der Waals surface area contributed by atoms with Gasteiger partial charge in [-0.25, -0.2) is 0 Å². The lowest BCUT2D eigenvalue weighted by Crippen LogP contribution is -2.19. The van der Waals surface area contributed by atoms with E-state index in [2.05, 4.69) is 27.5 Å². The maximum atomic E-state index is 4.45. The Bertz CT molecular complexity index is 496. The molecule has 0 bridgehead atoms. The molecule has 0 amide bonds. The van der Waals surface area contributed by atoms with Crippen LogP contribution in [0.5, 0.6) is 0 Å². The Labute approximate surface area is 102 Å². The normalized spacial score (nSPS) is 12.7. The molecule has 0 fully saturated rings. The number of nitrogens with one attached hydrogen (secondary N) is 1. The molecule has 0 aliphatic heterocycles. The smallest absolute Gasteiger partial charge is 0.0839 e. The van der Waals surface area contributed by atoms with Crippen LogP contribution in [0.25, 0.3) is 0 Å². The van der Waals surface area contributed by atoms with Gasteiger partial charge in [0, 0.05) is 24.6 Å². The first-order chi connectivity index (χ1) is 8.10. The molecule has 0 saturated carbocycles. The van der Waals surface area contributed by atoms with Crippen molar-refractivity contribution in [1.82, 2.24) is 20.1 Å². The number of aromatic nitrogens is 3. The third-order valence-electron chi connectivity index (χ3n) is 2.76. The monoisotopic (exact) mass is 230 g/mol. The molecule has 17 heavy (non-hydrogen) atoms. The predicted molar refractivity (Wildman–Crippen MR) is 67.8 cm³/mol. The fourth-order valence-corrected chi connectivity index (χ4v) is 2.11. The minimum atomic E-state index is 0.122. The van der Waals surface area contributed by atoms with E-state index in [-0.39, 0.29) is 6.04 Å². The Kier molecular flexibility index (Phi) is 3.24. The Balaban J connectivity index is 2.41. The minimum Gasteiger partial charge on any atom is -0.308 e. The van der Waals surface area contributed by atoms with Gasteiger partial charge in [0.1, 0.15) is 0 Å². The van der Waals surface area contributed by atoms with Crippen molar-refractivity contribution >= 4 is 0 Å². The van der Waals surface area contributed by atoms with Gasteiger partial charge in [-0.2, -0.15) is 5.10 Å². The number of rotatable bonds is 3. The van der Waals surface area contributed by atoms with Gasteiger partial charge < -0.3 is 5.32 Å². The van der Waals surface area contributed by atoms with Crippen molar-refractivity contribution in [1.29, 1.82) is 0 Å². The van der Waals surface area contributed by atoms with Crippen molar-refractivity contribution in [3.63, 3.8) is 0 Å². The van der Waals surface area contributed by atoms with E-state index in [9.17, 15) is 0 Å². The molecule has 2 aromatic heterocycles. The van der Waals surface area contributed by atoms with Gasteiger partial charge >= 0.3 is 0 Å². The highest BCUT2D eigenvalue weighted by molar-refractivity contribution is 5.29. The molecule has 4 heteroatoms. The van der Waals surface area contributed by atoms with Gasteiger partial charge in [-0.05, 0) is 44.7 Å². The lowest BCUT2D eigenvalue weighted by Gasteiger charge is -2.15.